The highest BCUT2D eigenvalue weighted by Crippen LogP contribution is 2.29. The molecular formula is C21H25FN4OS. The lowest BCUT2D eigenvalue weighted by molar-refractivity contribution is 0.265. The Morgan fingerprint density at radius 2 is 1.96 bits per heavy atom. The molecule has 1 aliphatic rings. The number of hydrogen-bond acceptors (Lipinski definition) is 6. The second kappa shape index (κ2) is 8.75. The molecule has 1 aliphatic heterocycles. The molecule has 4 rings (SSSR count). The van der Waals surface area contributed by atoms with Gasteiger partial charge in [0.2, 0.25) is 0 Å². The van der Waals surface area contributed by atoms with Crippen molar-refractivity contribution in [2.75, 3.05) is 56.1 Å². The summed E-state index contributed by atoms with van der Waals surface area (Å²) < 4.78 is 20.0. The van der Waals surface area contributed by atoms with Gasteiger partial charge in [-0.25, -0.2) is 9.37 Å². The first-order valence-corrected chi connectivity index (χ1v) is 10.5. The van der Waals surface area contributed by atoms with Crippen LogP contribution in [0.4, 0.5) is 15.2 Å². The molecule has 148 valence electrons. The van der Waals surface area contributed by atoms with Crippen LogP contribution in [-0.2, 0) is 0 Å². The molecule has 0 saturated carbocycles. The minimum absolute atomic E-state index is 0.216. The summed E-state index contributed by atoms with van der Waals surface area (Å²) in [5, 5.41) is 4.23. The molecule has 5 nitrogen and oxygen atoms in total. The molecule has 2 aromatic carbocycles. The van der Waals surface area contributed by atoms with Gasteiger partial charge < -0.3 is 15.0 Å². The second-order valence-corrected chi connectivity index (χ2v) is 7.82. The van der Waals surface area contributed by atoms with Crippen LogP contribution in [-0.4, -0.2) is 55.8 Å². The van der Waals surface area contributed by atoms with Gasteiger partial charge in [-0.15, -0.1) is 0 Å². The lowest BCUT2D eigenvalue weighted by Gasteiger charge is -2.36. The van der Waals surface area contributed by atoms with Gasteiger partial charge in [-0.1, -0.05) is 23.5 Å². The number of para-hydroxylation sites is 2. The number of rotatable bonds is 7. The fraction of sp³-hybridized carbons (Fsp3) is 0.381. The number of piperazine rings is 1. The van der Waals surface area contributed by atoms with Crippen LogP contribution in [0, 0.1) is 5.82 Å². The molecule has 2 heterocycles. The van der Waals surface area contributed by atoms with Crippen molar-refractivity contribution in [3.05, 3.63) is 48.3 Å². The number of aromatic nitrogens is 1. The molecule has 1 aromatic heterocycles. The molecule has 7 heteroatoms. The average Bonchev–Trinajstić information content (AvgIpc) is 3.11. The van der Waals surface area contributed by atoms with Gasteiger partial charge in [-0.2, -0.15) is 0 Å². The van der Waals surface area contributed by atoms with Crippen molar-refractivity contribution >= 4 is 32.4 Å². The number of fused-ring (bicyclic) bond motifs is 1. The zero-order chi connectivity index (χ0) is 19.3. The van der Waals surface area contributed by atoms with E-state index in [0.29, 0.717) is 6.61 Å². The van der Waals surface area contributed by atoms with Crippen molar-refractivity contribution in [3.8, 4) is 5.75 Å². The molecule has 0 radical (unpaired) electrons. The monoisotopic (exact) mass is 400 g/mol. The van der Waals surface area contributed by atoms with Crippen LogP contribution in [0.3, 0.4) is 0 Å². The van der Waals surface area contributed by atoms with E-state index in [1.165, 1.54) is 29.2 Å². The van der Waals surface area contributed by atoms with Crippen molar-refractivity contribution in [1.29, 1.82) is 0 Å². The van der Waals surface area contributed by atoms with Gasteiger partial charge in [-0.3, -0.25) is 4.90 Å². The minimum atomic E-state index is -0.216. The van der Waals surface area contributed by atoms with Crippen LogP contribution < -0.4 is 15.0 Å². The number of anilines is 2. The Hall–Kier alpha value is -2.38. The zero-order valence-corrected chi connectivity index (χ0v) is 16.8. The maximum Gasteiger partial charge on any atom is 0.183 e. The smallest absolute Gasteiger partial charge is 0.183 e. The van der Waals surface area contributed by atoms with Crippen LogP contribution >= 0.6 is 11.3 Å². The lowest BCUT2D eigenvalue weighted by atomic mass is 10.2. The molecule has 1 fully saturated rings. The van der Waals surface area contributed by atoms with Gasteiger partial charge in [0.1, 0.15) is 11.6 Å². The molecule has 0 spiro atoms. The predicted molar refractivity (Wildman–Crippen MR) is 114 cm³/mol. The molecule has 0 amide bonds. The summed E-state index contributed by atoms with van der Waals surface area (Å²) in [6.45, 7) is 8.52. The largest absolute Gasteiger partial charge is 0.492 e. The second-order valence-electron chi connectivity index (χ2n) is 6.79. The number of hydrogen-bond donors (Lipinski definition) is 1. The number of ether oxygens (including phenoxy) is 1. The number of nitrogens with zero attached hydrogens (tertiary/aromatic N) is 3. The lowest BCUT2D eigenvalue weighted by Crippen LogP contribution is -2.47. The van der Waals surface area contributed by atoms with Gasteiger partial charge in [0.25, 0.3) is 0 Å². The molecule has 0 bridgehead atoms. The van der Waals surface area contributed by atoms with Gasteiger partial charge in [0, 0.05) is 39.3 Å². The van der Waals surface area contributed by atoms with E-state index in [4.69, 9.17) is 4.74 Å². The van der Waals surface area contributed by atoms with Crippen LogP contribution in [0.25, 0.3) is 10.2 Å². The van der Waals surface area contributed by atoms with Crippen molar-refractivity contribution < 1.29 is 9.13 Å². The number of nitrogens with one attached hydrogen (secondary N) is 1. The molecule has 1 saturated heterocycles. The van der Waals surface area contributed by atoms with E-state index in [9.17, 15) is 4.39 Å². The molecule has 0 aliphatic carbocycles. The third-order valence-electron chi connectivity index (χ3n) is 4.93. The topological polar surface area (TPSA) is 40.6 Å². The van der Waals surface area contributed by atoms with Crippen molar-refractivity contribution in [2.24, 2.45) is 0 Å². The van der Waals surface area contributed by atoms with E-state index in [0.717, 1.165) is 60.4 Å². The zero-order valence-electron chi connectivity index (χ0n) is 16.0. The quantitative estimate of drug-likeness (QED) is 0.648. The van der Waals surface area contributed by atoms with E-state index >= 15 is 0 Å². The summed E-state index contributed by atoms with van der Waals surface area (Å²) in [5.41, 5.74) is 2.03. The van der Waals surface area contributed by atoms with Gasteiger partial charge in [0.05, 0.1) is 22.5 Å². The molecular weight excluding hydrogens is 375 g/mol. The van der Waals surface area contributed by atoms with Crippen LogP contribution in [0.15, 0.2) is 42.5 Å². The highest BCUT2D eigenvalue weighted by atomic mass is 32.1. The highest BCUT2D eigenvalue weighted by molar-refractivity contribution is 7.22. The third kappa shape index (κ3) is 4.36. The normalized spacial score (nSPS) is 15.1. The predicted octanol–water partition coefficient (Wildman–Crippen LogP) is 4.07. The van der Waals surface area contributed by atoms with Crippen molar-refractivity contribution in [1.82, 2.24) is 9.88 Å². The first kappa shape index (κ1) is 19.0. The standard InChI is InChI=1S/C21H25FN4OS/c1-2-27-19-6-4-3-5-18(19)26-13-11-25(12-14-26)10-9-23-21-24-17-8-7-16(22)15-20(17)28-21/h3-8,15H,2,9-14H2,1H3,(H,23,24). The first-order valence-electron chi connectivity index (χ1n) is 9.72. The van der Waals surface area contributed by atoms with Gasteiger partial charge in [0.15, 0.2) is 5.13 Å². The SMILES string of the molecule is CCOc1ccccc1N1CCN(CCNc2nc3ccc(F)cc3s2)CC1. The number of halogens is 1. The van der Waals surface area contributed by atoms with Gasteiger partial charge in [-0.05, 0) is 37.3 Å². The van der Waals surface area contributed by atoms with Crippen LogP contribution in [0.1, 0.15) is 6.92 Å². The Kier molecular flexibility index (Phi) is 5.92. The summed E-state index contributed by atoms with van der Waals surface area (Å²) in [6, 6.07) is 13.0. The summed E-state index contributed by atoms with van der Waals surface area (Å²) in [7, 11) is 0. The van der Waals surface area contributed by atoms with Crippen molar-refractivity contribution in [3.63, 3.8) is 0 Å². The van der Waals surface area contributed by atoms with Crippen molar-refractivity contribution in [2.45, 2.75) is 6.92 Å². The van der Waals surface area contributed by atoms with E-state index in [1.807, 2.05) is 19.1 Å². The molecule has 28 heavy (non-hydrogen) atoms. The number of thiazole rings is 1. The van der Waals surface area contributed by atoms with Gasteiger partial charge >= 0.3 is 0 Å². The van der Waals surface area contributed by atoms with Crippen LogP contribution in [0.5, 0.6) is 5.75 Å². The Balaban J connectivity index is 1.26. The summed E-state index contributed by atoms with van der Waals surface area (Å²) in [6.07, 6.45) is 0. The average molecular weight is 401 g/mol. The molecule has 0 unspecified atom stereocenters. The molecule has 1 N–H and O–H groups in total. The van der Waals surface area contributed by atoms with E-state index < -0.39 is 0 Å². The van der Waals surface area contributed by atoms with E-state index in [1.54, 1.807) is 6.07 Å². The summed E-state index contributed by atoms with van der Waals surface area (Å²) in [4.78, 5) is 9.37. The fourth-order valence-corrected chi connectivity index (χ4v) is 4.42. The Bertz CT molecular complexity index is 924. The first-order chi connectivity index (χ1) is 13.7. The summed E-state index contributed by atoms with van der Waals surface area (Å²) >= 11 is 1.50. The Morgan fingerprint density at radius 3 is 2.79 bits per heavy atom. The van der Waals surface area contributed by atoms with E-state index in [-0.39, 0.29) is 5.82 Å². The molecule has 0 atom stereocenters. The minimum Gasteiger partial charge on any atom is -0.492 e. The summed E-state index contributed by atoms with van der Waals surface area (Å²) in [5.74, 6) is 0.749. The molecule has 3 aromatic rings. The fourth-order valence-electron chi connectivity index (χ4n) is 3.50. The van der Waals surface area contributed by atoms with Crippen LogP contribution in [0.2, 0.25) is 0 Å². The maximum absolute atomic E-state index is 13.3. The van der Waals surface area contributed by atoms with E-state index in [2.05, 4.69) is 32.2 Å². The Morgan fingerprint density at radius 1 is 1.14 bits per heavy atom. The Labute approximate surface area is 168 Å². The third-order valence-corrected chi connectivity index (χ3v) is 5.91. The highest BCUT2D eigenvalue weighted by Gasteiger charge is 2.19. The number of benzene rings is 2. The maximum atomic E-state index is 13.3.